The molecule has 3 nitrogen and oxygen atoms in total. The third kappa shape index (κ3) is 3.68. The molecule has 26 heavy (non-hydrogen) atoms. The first-order valence-corrected chi connectivity index (χ1v) is 10.9. The summed E-state index contributed by atoms with van der Waals surface area (Å²) < 4.78 is 5.73. The van der Waals surface area contributed by atoms with Crippen LogP contribution in [0.1, 0.15) is 57.2 Å². The monoisotopic (exact) mass is 430 g/mol. The minimum atomic E-state index is 0.109. The zero-order valence-electron chi connectivity index (χ0n) is 14.3. The summed E-state index contributed by atoms with van der Waals surface area (Å²) in [5.41, 5.74) is 3.08. The molecule has 132 valence electrons. The van der Waals surface area contributed by atoms with Crippen LogP contribution in [-0.2, 0) is 6.42 Å². The second-order valence-electron chi connectivity index (χ2n) is 6.73. The normalized spacial score (nSPS) is 17.5. The minimum absolute atomic E-state index is 0.109. The number of halogens is 1. The number of rotatable bonds is 5. The Balaban J connectivity index is 1.69. The molecule has 3 aromatic rings. The van der Waals surface area contributed by atoms with Gasteiger partial charge in [-0.15, -0.1) is 0 Å². The Morgan fingerprint density at radius 1 is 1.15 bits per heavy atom. The van der Waals surface area contributed by atoms with Crippen molar-refractivity contribution in [1.29, 1.82) is 0 Å². The van der Waals surface area contributed by atoms with Crippen molar-refractivity contribution in [2.24, 2.45) is 0 Å². The van der Waals surface area contributed by atoms with Crippen LogP contribution in [0.15, 0.2) is 54.6 Å². The van der Waals surface area contributed by atoms with Crippen molar-refractivity contribution in [2.75, 3.05) is 0 Å². The molecule has 0 spiro atoms. The van der Waals surface area contributed by atoms with Gasteiger partial charge in [-0.2, -0.15) is 0 Å². The van der Waals surface area contributed by atoms with E-state index in [1.807, 2.05) is 42.5 Å². The summed E-state index contributed by atoms with van der Waals surface area (Å²) in [6.07, 6.45) is 3.80. The molecule has 1 aliphatic carbocycles. The van der Waals surface area contributed by atoms with E-state index >= 15 is 0 Å². The van der Waals surface area contributed by atoms with Crippen LogP contribution in [-0.4, -0.2) is 29.7 Å². The Morgan fingerprint density at radius 3 is 2.69 bits per heavy atom. The zero-order chi connectivity index (χ0) is 17.9. The maximum absolute atomic E-state index is 12.9. The predicted molar refractivity (Wildman–Crippen MR) is 104 cm³/mol. The van der Waals surface area contributed by atoms with Crippen molar-refractivity contribution < 1.29 is 4.79 Å². The van der Waals surface area contributed by atoms with Gasteiger partial charge < -0.3 is 0 Å². The van der Waals surface area contributed by atoms with Gasteiger partial charge in [0.05, 0.1) is 0 Å². The summed E-state index contributed by atoms with van der Waals surface area (Å²) >= 11 is 6.24. The van der Waals surface area contributed by atoms with Crippen LogP contribution < -0.4 is 0 Å². The molecule has 0 amide bonds. The Bertz CT molecular complexity index is 892. The van der Waals surface area contributed by atoms with E-state index in [1.165, 1.54) is 4.44 Å². The van der Waals surface area contributed by atoms with E-state index in [4.69, 9.17) is 11.6 Å². The Kier molecular flexibility index (Phi) is 5.35. The summed E-state index contributed by atoms with van der Waals surface area (Å²) in [5.74, 6) is 0.553. The van der Waals surface area contributed by atoms with Gasteiger partial charge in [0, 0.05) is 0 Å². The molecule has 5 heteroatoms. The van der Waals surface area contributed by atoms with Crippen LogP contribution in [0.25, 0.3) is 0 Å². The number of carbonyl (C=O) groups excluding carboxylic acids is 1. The first-order valence-electron chi connectivity index (χ1n) is 8.87. The van der Waals surface area contributed by atoms with E-state index in [0.29, 0.717) is 11.4 Å². The molecule has 0 saturated carbocycles. The van der Waals surface area contributed by atoms with Crippen molar-refractivity contribution >= 4 is 32.1 Å². The number of fused-ring (bicyclic) bond motifs is 1. The molecule has 4 rings (SSSR count). The van der Waals surface area contributed by atoms with Crippen LogP contribution in [0.2, 0.25) is 5.02 Å². The fourth-order valence-electron chi connectivity index (χ4n) is 3.83. The first-order chi connectivity index (χ1) is 12.7. The van der Waals surface area contributed by atoms with Crippen molar-refractivity contribution in [3.63, 3.8) is 0 Å². The third-order valence-electron chi connectivity index (χ3n) is 5.14. The van der Waals surface area contributed by atoms with Gasteiger partial charge in [0.1, 0.15) is 0 Å². The molecule has 0 bridgehead atoms. The topological polar surface area (TPSA) is 42.9 Å². The second kappa shape index (κ2) is 7.87. The van der Waals surface area contributed by atoms with Crippen molar-refractivity contribution in [3.05, 3.63) is 80.9 Å². The summed E-state index contributed by atoms with van der Waals surface area (Å²) in [6.45, 7) is 0. The second-order valence-corrected chi connectivity index (χ2v) is 8.93. The number of carbonyl (C=O) groups is 1. The van der Waals surface area contributed by atoms with Gasteiger partial charge in [0.2, 0.25) is 0 Å². The fourth-order valence-corrected chi connectivity index (χ4v) is 5.52. The maximum atomic E-state index is 12.9. The summed E-state index contributed by atoms with van der Waals surface area (Å²) in [7, 11) is 0. The van der Waals surface area contributed by atoms with Crippen LogP contribution in [0.4, 0.5) is 0 Å². The van der Waals surface area contributed by atoms with Gasteiger partial charge in [-0.3, -0.25) is 0 Å². The number of hydrogen-bond donors (Lipinski definition) is 0. The first kappa shape index (κ1) is 17.7. The number of benzene rings is 2. The van der Waals surface area contributed by atoms with E-state index in [-0.39, 0.29) is 32.4 Å². The molecule has 0 aliphatic heterocycles. The van der Waals surface area contributed by atoms with Crippen LogP contribution in [0.3, 0.4) is 0 Å². The third-order valence-corrected chi connectivity index (χ3v) is 7.06. The molecular formula is C21H19ClN2OSe. The van der Waals surface area contributed by atoms with Gasteiger partial charge in [-0.05, 0) is 0 Å². The van der Waals surface area contributed by atoms with Crippen molar-refractivity contribution in [3.8, 4) is 0 Å². The molecular weight excluding hydrogens is 411 g/mol. The molecule has 1 heterocycles. The number of aryl methyl sites for hydroxylation is 1. The number of ketones is 1. The standard InChI is InChI=1S/C21H19ClN2OSe/c22-16-11-9-14(10-12-16)18(13-19(25)15-5-2-1-3-6-15)17-7-4-8-20-21(17)23-24-26-20/h1-3,5-6,9-12,17-18H,4,7-8,13H2/t17-,18-/m0/s1. The average Bonchev–Trinajstić information content (AvgIpc) is 3.16. The van der Waals surface area contributed by atoms with Gasteiger partial charge >= 0.3 is 165 Å². The number of Topliss-reactive ketones (excluding diaryl/α,β-unsaturated/α-hetero) is 1. The van der Waals surface area contributed by atoms with E-state index < -0.39 is 0 Å². The Labute approximate surface area is 164 Å². The SMILES string of the molecule is O=C(C[C@@H](c1ccc(Cl)cc1)[C@@H]1CCCc2[se]nnc21)c1ccccc1. The summed E-state index contributed by atoms with van der Waals surface area (Å²) in [6, 6.07) is 17.5. The Morgan fingerprint density at radius 2 is 1.92 bits per heavy atom. The number of hydrogen-bond acceptors (Lipinski definition) is 3. The van der Waals surface area contributed by atoms with Gasteiger partial charge in [-0.1, -0.05) is 0 Å². The number of nitrogens with zero attached hydrogens (tertiary/aromatic N) is 2. The molecule has 0 unspecified atom stereocenters. The van der Waals surface area contributed by atoms with Gasteiger partial charge in [0.25, 0.3) is 0 Å². The molecule has 1 aliphatic rings. The van der Waals surface area contributed by atoms with Crippen LogP contribution >= 0.6 is 11.6 Å². The molecule has 0 saturated heterocycles. The summed E-state index contributed by atoms with van der Waals surface area (Å²) in [5, 5.41) is 5.20. The molecule has 2 atom stereocenters. The molecule has 0 N–H and O–H groups in total. The van der Waals surface area contributed by atoms with Crippen molar-refractivity contribution in [1.82, 2.24) is 9.19 Å². The van der Waals surface area contributed by atoms with Gasteiger partial charge in [-0.25, -0.2) is 0 Å². The van der Waals surface area contributed by atoms with Crippen LogP contribution in [0, 0.1) is 0 Å². The summed E-state index contributed by atoms with van der Waals surface area (Å²) in [4.78, 5) is 12.9. The van der Waals surface area contributed by atoms with Gasteiger partial charge in [0.15, 0.2) is 0 Å². The van der Waals surface area contributed by atoms with E-state index in [1.54, 1.807) is 0 Å². The quantitative estimate of drug-likeness (QED) is 0.437. The molecule has 0 fully saturated rings. The average molecular weight is 430 g/mol. The van der Waals surface area contributed by atoms with E-state index in [2.05, 4.69) is 21.3 Å². The number of aromatic nitrogens is 2. The van der Waals surface area contributed by atoms with Crippen LogP contribution in [0.5, 0.6) is 0 Å². The molecule has 0 radical (unpaired) electrons. The van der Waals surface area contributed by atoms with Crippen molar-refractivity contribution in [2.45, 2.75) is 37.5 Å². The van der Waals surface area contributed by atoms with E-state index in [9.17, 15) is 4.79 Å². The zero-order valence-corrected chi connectivity index (χ0v) is 16.7. The predicted octanol–water partition coefficient (Wildman–Crippen LogP) is 4.66. The molecule has 1 aromatic heterocycles. The fraction of sp³-hybridized carbons (Fsp3) is 0.286. The molecule has 2 aromatic carbocycles. The van der Waals surface area contributed by atoms with E-state index in [0.717, 1.165) is 36.1 Å². The Hall–Kier alpha value is -1.74.